The molecule has 1 aliphatic rings. The fourth-order valence-electron chi connectivity index (χ4n) is 2.23. The van der Waals surface area contributed by atoms with Crippen LogP contribution in [0.25, 0.3) is 0 Å². The molecular formula is C13H17ClFN2O+. The van der Waals surface area contributed by atoms with Crippen LogP contribution in [0.4, 0.5) is 4.39 Å². The molecule has 1 heterocycles. The van der Waals surface area contributed by atoms with Crippen LogP contribution in [0.2, 0.25) is 5.02 Å². The summed E-state index contributed by atoms with van der Waals surface area (Å²) in [5.74, 6) is -0.985. The van der Waals surface area contributed by atoms with E-state index in [1.54, 1.807) is 0 Å². The van der Waals surface area contributed by atoms with E-state index in [1.165, 1.54) is 23.1 Å². The van der Waals surface area contributed by atoms with Crippen molar-refractivity contribution in [2.24, 2.45) is 0 Å². The number of benzene rings is 1. The van der Waals surface area contributed by atoms with E-state index in [4.69, 9.17) is 11.6 Å². The molecule has 2 N–H and O–H groups in total. The summed E-state index contributed by atoms with van der Waals surface area (Å²) < 4.78 is 13.6. The third-order valence-electron chi connectivity index (χ3n) is 3.36. The van der Waals surface area contributed by atoms with Crippen LogP contribution in [0.15, 0.2) is 18.2 Å². The number of carbonyl (C=O) groups is 1. The fourth-order valence-corrected chi connectivity index (χ4v) is 2.48. The first kappa shape index (κ1) is 13.3. The predicted molar refractivity (Wildman–Crippen MR) is 68.5 cm³/mol. The van der Waals surface area contributed by atoms with Gasteiger partial charge in [-0.1, -0.05) is 17.7 Å². The Morgan fingerprint density at radius 2 is 2.11 bits per heavy atom. The maximum atomic E-state index is 13.6. The number of halogens is 2. The molecule has 0 saturated carbocycles. The Labute approximate surface area is 111 Å². The van der Waals surface area contributed by atoms with Crippen molar-refractivity contribution in [2.75, 3.05) is 20.1 Å². The zero-order valence-electron chi connectivity index (χ0n) is 10.3. The summed E-state index contributed by atoms with van der Waals surface area (Å²) in [7, 11) is 2.13. The third kappa shape index (κ3) is 3.00. The fraction of sp³-hybridized carbons (Fsp3) is 0.462. The molecule has 0 spiro atoms. The minimum absolute atomic E-state index is 0.0505. The molecule has 0 aliphatic carbocycles. The number of likely N-dealkylation sites (tertiary alicyclic amines) is 1. The predicted octanol–water partition coefficient (Wildman–Crippen LogP) is 0.886. The topological polar surface area (TPSA) is 33.5 Å². The van der Waals surface area contributed by atoms with Crippen molar-refractivity contribution in [1.29, 1.82) is 0 Å². The van der Waals surface area contributed by atoms with Crippen LogP contribution < -0.4 is 10.2 Å². The van der Waals surface area contributed by atoms with Gasteiger partial charge in [0.15, 0.2) is 0 Å². The Morgan fingerprint density at radius 3 is 2.72 bits per heavy atom. The molecule has 98 valence electrons. The van der Waals surface area contributed by atoms with Crippen LogP contribution in [0.3, 0.4) is 0 Å². The molecule has 2 rings (SSSR count). The molecule has 18 heavy (non-hydrogen) atoms. The maximum Gasteiger partial charge on any atom is 0.256 e. The van der Waals surface area contributed by atoms with Gasteiger partial charge in [0.2, 0.25) is 0 Å². The molecule has 1 amide bonds. The number of nitrogens with one attached hydrogen (secondary N) is 2. The van der Waals surface area contributed by atoms with Gasteiger partial charge in [-0.3, -0.25) is 4.79 Å². The van der Waals surface area contributed by atoms with Gasteiger partial charge >= 0.3 is 0 Å². The van der Waals surface area contributed by atoms with Crippen LogP contribution >= 0.6 is 11.6 Å². The van der Waals surface area contributed by atoms with E-state index in [0.717, 1.165) is 25.9 Å². The molecule has 1 aliphatic heterocycles. The first-order valence-electron chi connectivity index (χ1n) is 6.14. The standard InChI is InChI=1S/C13H16ClFN2O/c1-17-7-5-9(6-8-17)16-13(18)12-10(14)3-2-4-11(12)15/h2-4,9H,5-8H2,1H3,(H,16,18)/p+1. The smallest absolute Gasteiger partial charge is 0.256 e. The molecule has 0 bridgehead atoms. The summed E-state index contributed by atoms with van der Waals surface area (Å²) in [5, 5.41) is 3.02. The van der Waals surface area contributed by atoms with Crippen molar-refractivity contribution < 1.29 is 14.1 Å². The van der Waals surface area contributed by atoms with Gasteiger partial charge in [0.1, 0.15) is 5.82 Å². The number of carbonyl (C=O) groups excluding carboxylic acids is 1. The third-order valence-corrected chi connectivity index (χ3v) is 3.68. The first-order chi connectivity index (χ1) is 8.58. The summed E-state index contributed by atoms with van der Waals surface area (Å²) in [4.78, 5) is 13.5. The number of quaternary nitrogens is 1. The Balaban J connectivity index is 2.04. The second-order valence-electron chi connectivity index (χ2n) is 4.80. The number of hydrogen-bond acceptors (Lipinski definition) is 1. The molecule has 3 nitrogen and oxygen atoms in total. The second-order valence-corrected chi connectivity index (χ2v) is 5.21. The lowest BCUT2D eigenvalue weighted by molar-refractivity contribution is -0.884. The summed E-state index contributed by atoms with van der Waals surface area (Å²) in [6, 6.07) is 4.39. The largest absolute Gasteiger partial charge is 0.349 e. The van der Waals surface area contributed by atoms with Crippen molar-refractivity contribution in [3.05, 3.63) is 34.6 Å². The lowest BCUT2D eigenvalue weighted by atomic mass is 10.0. The molecule has 0 unspecified atom stereocenters. The van der Waals surface area contributed by atoms with Gasteiger partial charge in [0.05, 0.1) is 30.7 Å². The monoisotopic (exact) mass is 271 g/mol. The molecule has 0 atom stereocenters. The SMILES string of the molecule is C[NH+]1CCC(NC(=O)c2c(F)cccc2Cl)CC1. The van der Waals surface area contributed by atoms with E-state index in [0.29, 0.717) is 0 Å². The Hall–Kier alpha value is -1.13. The van der Waals surface area contributed by atoms with E-state index in [9.17, 15) is 9.18 Å². The van der Waals surface area contributed by atoms with Crippen molar-refractivity contribution >= 4 is 17.5 Å². The first-order valence-corrected chi connectivity index (χ1v) is 6.52. The maximum absolute atomic E-state index is 13.6. The Morgan fingerprint density at radius 1 is 1.44 bits per heavy atom. The van der Waals surface area contributed by atoms with E-state index >= 15 is 0 Å². The Kier molecular flexibility index (Phi) is 4.19. The van der Waals surface area contributed by atoms with Crippen molar-refractivity contribution in [3.63, 3.8) is 0 Å². The summed E-state index contributed by atoms with van der Waals surface area (Å²) in [6.45, 7) is 2.05. The number of amides is 1. The van der Waals surface area contributed by atoms with Crippen LogP contribution in [-0.2, 0) is 0 Å². The minimum Gasteiger partial charge on any atom is -0.349 e. The molecule has 1 saturated heterocycles. The highest BCUT2D eigenvalue weighted by Gasteiger charge is 2.23. The average Bonchev–Trinajstić information content (AvgIpc) is 2.32. The number of rotatable bonds is 2. The van der Waals surface area contributed by atoms with Crippen LogP contribution in [0, 0.1) is 5.82 Å². The van der Waals surface area contributed by atoms with Crippen molar-refractivity contribution in [2.45, 2.75) is 18.9 Å². The zero-order chi connectivity index (χ0) is 13.1. The van der Waals surface area contributed by atoms with E-state index < -0.39 is 11.7 Å². The van der Waals surface area contributed by atoms with Crippen molar-refractivity contribution in [1.82, 2.24) is 5.32 Å². The van der Waals surface area contributed by atoms with Crippen LogP contribution in [0.1, 0.15) is 23.2 Å². The molecule has 1 aromatic rings. The molecular weight excluding hydrogens is 255 g/mol. The summed E-state index contributed by atoms with van der Waals surface area (Å²) in [5.41, 5.74) is -0.0505. The molecule has 1 aromatic carbocycles. The van der Waals surface area contributed by atoms with Gasteiger partial charge < -0.3 is 10.2 Å². The minimum atomic E-state index is -0.571. The van der Waals surface area contributed by atoms with Crippen LogP contribution in [0.5, 0.6) is 0 Å². The zero-order valence-corrected chi connectivity index (χ0v) is 11.1. The molecule has 5 heteroatoms. The summed E-state index contributed by atoms with van der Waals surface area (Å²) in [6.07, 6.45) is 1.84. The normalized spacial score (nSPS) is 23.7. The average molecular weight is 272 g/mol. The molecule has 0 aromatic heterocycles. The number of hydrogen-bond donors (Lipinski definition) is 2. The van der Waals surface area contributed by atoms with Gasteiger partial charge in [-0.2, -0.15) is 0 Å². The highest BCUT2D eigenvalue weighted by molar-refractivity contribution is 6.33. The van der Waals surface area contributed by atoms with Gasteiger partial charge in [0.25, 0.3) is 5.91 Å². The number of piperidine rings is 1. The quantitative estimate of drug-likeness (QED) is 0.823. The van der Waals surface area contributed by atoms with Crippen molar-refractivity contribution in [3.8, 4) is 0 Å². The molecule has 0 radical (unpaired) electrons. The van der Waals surface area contributed by atoms with E-state index in [-0.39, 0.29) is 16.6 Å². The lowest BCUT2D eigenvalue weighted by Gasteiger charge is -2.27. The highest BCUT2D eigenvalue weighted by Crippen LogP contribution is 2.19. The van der Waals surface area contributed by atoms with E-state index in [1.807, 2.05) is 0 Å². The lowest BCUT2D eigenvalue weighted by Crippen LogP contribution is -3.10. The van der Waals surface area contributed by atoms with Gasteiger partial charge in [-0.05, 0) is 12.1 Å². The Bertz CT molecular complexity index is 424. The summed E-state index contributed by atoms with van der Waals surface area (Å²) >= 11 is 5.86. The van der Waals surface area contributed by atoms with Gasteiger partial charge in [0, 0.05) is 18.9 Å². The van der Waals surface area contributed by atoms with Gasteiger partial charge in [-0.25, -0.2) is 4.39 Å². The van der Waals surface area contributed by atoms with E-state index in [2.05, 4.69) is 12.4 Å². The van der Waals surface area contributed by atoms with Crippen LogP contribution in [-0.4, -0.2) is 32.1 Å². The highest BCUT2D eigenvalue weighted by atomic mass is 35.5. The second kappa shape index (κ2) is 5.67. The van der Waals surface area contributed by atoms with Gasteiger partial charge in [-0.15, -0.1) is 0 Å². The molecule has 1 fully saturated rings.